The number of alkyl halides is 3. The van der Waals surface area contributed by atoms with Gasteiger partial charge in [0.2, 0.25) is 0 Å². The molecule has 0 aliphatic rings. The molecule has 0 fully saturated rings. The fraction of sp³-hybridized carbons (Fsp3) is 0.455. The number of rotatable bonds is 5. The van der Waals surface area contributed by atoms with E-state index in [4.69, 9.17) is 5.73 Å². The predicted molar refractivity (Wildman–Crippen MR) is 71.2 cm³/mol. The van der Waals surface area contributed by atoms with Crippen LogP contribution in [0.2, 0.25) is 0 Å². The molecule has 0 atom stereocenters. The molecule has 20 heavy (non-hydrogen) atoms. The maximum Gasteiger partial charge on any atom is 0.418 e. The summed E-state index contributed by atoms with van der Waals surface area (Å²) in [5.74, 6) is 0.0729. The molecule has 1 rings (SSSR count). The first-order valence-electron chi connectivity index (χ1n) is 5.75. The predicted octanol–water partition coefficient (Wildman–Crippen LogP) is 2.19. The standard InChI is InChI=1S/C11H16F3N3O2S/c1-7(2)6-16-20(18,19)17-8-3-4-10(15)9(5-8)11(12,13)14/h3-5,7,16-17H,6,15H2,1-2H3. The van der Waals surface area contributed by atoms with Crippen molar-refractivity contribution >= 4 is 21.6 Å². The number of nitrogens with two attached hydrogens (primary N) is 1. The van der Waals surface area contributed by atoms with Gasteiger partial charge in [0.15, 0.2) is 0 Å². The second-order valence-electron chi connectivity index (χ2n) is 4.65. The van der Waals surface area contributed by atoms with Gasteiger partial charge < -0.3 is 5.73 Å². The van der Waals surface area contributed by atoms with Crippen LogP contribution in [0.15, 0.2) is 18.2 Å². The van der Waals surface area contributed by atoms with Crippen LogP contribution in [0.3, 0.4) is 0 Å². The highest BCUT2D eigenvalue weighted by atomic mass is 32.2. The van der Waals surface area contributed by atoms with E-state index >= 15 is 0 Å². The van der Waals surface area contributed by atoms with Crippen LogP contribution in [0, 0.1) is 5.92 Å². The number of halogens is 3. The third-order valence-electron chi connectivity index (χ3n) is 2.29. The van der Waals surface area contributed by atoms with E-state index in [1.54, 1.807) is 13.8 Å². The molecule has 0 aliphatic carbocycles. The van der Waals surface area contributed by atoms with Crippen molar-refractivity contribution in [2.75, 3.05) is 17.0 Å². The Morgan fingerprint density at radius 2 is 1.90 bits per heavy atom. The Kier molecular flexibility index (Phi) is 4.87. The van der Waals surface area contributed by atoms with E-state index in [1.807, 2.05) is 4.72 Å². The topological polar surface area (TPSA) is 84.2 Å². The zero-order chi connectivity index (χ0) is 15.6. The summed E-state index contributed by atoms with van der Waals surface area (Å²) in [5.41, 5.74) is 3.47. The second kappa shape index (κ2) is 5.88. The lowest BCUT2D eigenvalue weighted by molar-refractivity contribution is -0.136. The molecule has 0 radical (unpaired) electrons. The number of nitrogens with one attached hydrogen (secondary N) is 2. The van der Waals surface area contributed by atoms with Crippen LogP contribution in [0.1, 0.15) is 19.4 Å². The van der Waals surface area contributed by atoms with Crippen LogP contribution in [0.25, 0.3) is 0 Å². The van der Waals surface area contributed by atoms with E-state index in [9.17, 15) is 21.6 Å². The van der Waals surface area contributed by atoms with E-state index < -0.39 is 27.6 Å². The van der Waals surface area contributed by atoms with Crippen molar-refractivity contribution in [2.24, 2.45) is 5.92 Å². The Hall–Kier alpha value is -1.48. The van der Waals surface area contributed by atoms with E-state index in [0.29, 0.717) is 6.07 Å². The molecule has 0 bridgehead atoms. The third-order valence-corrected chi connectivity index (χ3v) is 3.34. The van der Waals surface area contributed by atoms with Crippen molar-refractivity contribution in [1.82, 2.24) is 4.72 Å². The van der Waals surface area contributed by atoms with Crippen LogP contribution in [0.5, 0.6) is 0 Å². The molecule has 0 amide bonds. The van der Waals surface area contributed by atoms with Gasteiger partial charge in [0.25, 0.3) is 10.2 Å². The van der Waals surface area contributed by atoms with Gasteiger partial charge in [-0.25, -0.2) is 0 Å². The summed E-state index contributed by atoms with van der Waals surface area (Å²) in [6.07, 6.45) is -4.64. The van der Waals surface area contributed by atoms with Crippen LogP contribution in [-0.4, -0.2) is 15.0 Å². The zero-order valence-corrected chi connectivity index (χ0v) is 11.8. The van der Waals surface area contributed by atoms with Crippen LogP contribution in [0.4, 0.5) is 24.5 Å². The second-order valence-corrected chi connectivity index (χ2v) is 6.15. The first-order chi connectivity index (χ1) is 9.01. The van der Waals surface area contributed by atoms with Crippen LogP contribution in [-0.2, 0) is 16.4 Å². The number of hydrogen-bond acceptors (Lipinski definition) is 3. The van der Waals surface area contributed by atoms with Gasteiger partial charge in [-0.15, -0.1) is 0 Å². The number of benzene rings is 1. The SMILES string of the molecule is CC(C)CNS(=O)(=O)Nc1ccc(N)c(C(F)(F)F)c1. The monoisotopic (exact) mass is 311 g/mol. The number of anilines is 2. The van der Waals surface area contributed by atoms with Gasteiger partial charge in [-0.3, -0.25) is 4.72 Å². The first-order valence-corrected chi connectivity index (χ1v) is 7.23. The number of hydrogen-bond donors (Lipinski definition) is 3. The smallest absolute Gasteiger partial charge is 0.398 e. The van der Waals surface area contributed by atoms with Crippen molar-refractivity contribution < 1.29 is 21.6 Å². The van der Waals surface area contributed by atoms with Crippen molar-refractivity contribution in [3.05, 3.63) is 23.8 Å². The average Bonchev–Trinajstić information content (AvgIpc) is 2.27. The summed E-state index contributed by atoms with van der Waals surface area (Å²) in [6.45, 7) is 3.78. The average molecular weight is 311 g/mol. The van der Waals surface area contributed by atoms with Gasteiger partial charge in [0.05, 0.1) is 11.3 Å². The van der Waals surface area contributed by atoms with Gasteiger partial charge in [-0.2, -0.15) is 26.3 Å². The molecule has 0 spiro atoms. The highest BCUT2D eigenvalue weighted by Gasteiger charge is 2.33. The molecule has 1 aromatic carbocycles. The minimum Gasteiger partial charge on any atom is -0.398 e. The molecular formula is C11H16F3N3O2S. The van der Waals surface area contributed by atoms with E-state index in [-0.39, 0.29) is 18.2 Å². The largest absolute Gasteiger partial charge is 0.418 e. The molecule has 0 saturated carbocycles. The molecule has 5 nitrogen and oxygen atoms in total. The Morgan fingerprint density at radius 1 is 1.30 bits per heavy atom. The quantitative estimate of drug-likeness (QED) is 0.729. The molecule has 4 N–H and O–H groups in total. The molecular weight excluding hydrogens is 295 g/mol. The first kappa shape index (κ1) is 16.6. The Labute approximate surface area is 115 Å². The Morgan fingerprint density at radius 3 is 2.40 bits per heavy atom. The summed E-state index contributed by atoms with van der Waals surface area (Å²) in [4.78, 5) is 0. The van der Waals surface area contributed by atoms with E-state index in [2.05, 4.69) is 4.72 Å². The molecule has 0 aromatic heterocycles. The summed E-state index contributed by atoms with van der Waals surface area (Å²) in [6, 6.07) is 2.83. The summed E-state index contributed by atoms with van der Waals surface area (Å²) in [7, 11) is -3.91. The summed E-state index contributed by atoms with van der Waals surface area (Å²) in [5, 5.41) is 0. The van der Waals surface area contributed by atoms with Gasteiger partial charge in [-0.05, 0) is 24.1 Å². The lowest BCUT2D eigenvalue weighted by Gasteiger charge is -2.14. The fourth-order valence-corrected chi connectivity index (χ4v) is 2.40. The minimum absolute atomic E-state index is 0.0729. The molecule has 0 heterocycles. The van der Waals surface area contributed by atoms with E-state index in [0.717, 1.165) is 6.07 Å². The van der Waals surface area contributed by atoms with Crippen LogP contribution >= 0.6 is 0 Å². The van der Waals surface area contributed by atoms with Crippen molar-refractivity contribution in [3.63, 3.8) is 0 Å². The molecule has 0 aliphatic heterocycles. The maximum atomic E-state index is 12.6. The van der Waals surface area contributed by atoms with Crippen molar-refractivity contribution in [3.8, 4) is 0 Å². The highest BCUT2D eigenvalue weighted by Crippen LogP contribution is 2.35. The van der Waals surface area contributed by atoms with E-state index in [1.165, 1.54) is 6.07 Å². The van der Waals surface area contributed by atoms with Gasteiger partial charge in [-0.1, -0.05) is 13.8 Å². The van der Waals surface area contributed by atoms with Gasteiger partial charge >= 0.3 is 6.18 Å². The third kappa shape index (κ3) is 4.89. The molecule has 9 heteroatoms. The summed E-state index contributed by atoms with van der Waals surface area (Å²) >= 11 is 0. The zero-order valence-electron chi connectivity index (χ0n) is 11.0. The normalized spacial score (nSPS) is 12.7. The molecule has 0 unspecified atom stereocenters. The minimum atomic E-state index is -4.64. The fourth-order valence-electron chi connectivity index (χ4n) is 1.33. The molecule has 1 aromatic rings. The van der Waals surface area contributed by atoms with Crippen LogP contribution < -0.4 is 15.2 Å². The highest BCUT2D eigenvalue weighted by molar-refractivity contribution is 7.90. The van der Waals surface area contributed by atoms with Gasteiger partial charge in [0, 0.05) is 12.2 Å². The van der Waals surface area contributed by atoms with Gasteiger partial charge in [0.1, 0.15) is 0 Å². The number of nitrogen functional groups attached to an aromatic ring is 1. The molecule has 0 saturated heterocycles. The van der Waals surface area contributed by atoms with Crippen molar-refractivity contribution in [1.29, 1.82) is 0 Å². The lowest BCUT2D eigenvalue weighted by Crippen LogP contribution is -2.32. The Bertz CT molecular complexity index is 571. The summed E-state index contributed by atoms with van der Waals surface area (Å²) < 4.78 is 65.4. The van der Waals surface area contributed by atoms with Crippen molar-refractivity contribution in [2.45, 2.75) is 20.0 Å². The maximum absolute atomic E-state index is 12.6. The lowest BCUT2D eigenvalue weighted by atomic mass is 10.1. The molecule has 114 valence electrons. The Balaban J connectivity index is 2.94.